The predicted octanol–water partition coefficient (Wildman–Crippen LogP) is 4.00. The Kier molecular flexibility index (Phi) is 4.69. The van der Waals surface area contributed by atoms with Gasteiger partial charge in [-0.25, -0.2) is 0 Å². The first-order chi connectivity index (χ1) is 9.11. The first-order valence-corrected chi connectivity index (χ1v) is 6.68. The van der Waals surface area contributed by atoms with Crippen molar-refractivity contribution < 1.29 is 14.7 Å². The molecular formula is C16H25NO3. The van der Waals surface area contributed by atoms with Crippen LogP contribution in [-0.4, -0.2) is 23.6 Å². The number of methoxy groups -OCH3 is 1. The van der Waals surface area contributed by atoms with Gasteiger partial charge < -0.3 is 14.7 Å². The van der Waals surface area contributed by atoms with Crippen LogP contribution >= 0.6 is 0 Å². The van der Waals surface area contributed by atoms with Crippen molar-refractivity contribution in [2.75, 3.05) is 7.11 Å². The number of nitrogens with zero attached hydrogens (tertiary/aromatic N) is 1. The van der Waals surface area contributed by atoms with E-state index in [2.05, 4.69) is 5.16 Å². The molecule has 4 heteroatoms. The van der Waals surface area contributed by atoms with Gasteiger partial charge in [-0.15, -0.1) is 0 Å². The normalized spacial score (nSPS) is 13.2. The van der Waals surface area contributed by atoms with Gasteiger partial charge in [-0.1, -0.05) is 25.1 Å². The Morgan fingerprint density at radius 2 is 1.70 bits per heavy atom. The van der Waals surface area contributed by atoms with Crippen LogP contribution in [0.5, 0.6) is 11.5 Å². The van der Waals surface area contributed by atoms with Crippen LogP contribution in [0, 0.1) is 0 Å². The molecule has 20 heavy (non-hydrogen) atoms. The number of rotatable bonds is 4. The minimum Gasteiger partial charge on any atom is -0.493 e. The number of hydrogen-bond acceptors (Lipinski definition) is 4. The maximum atomic E-state index is 9.00. The molecule has 1 aromatic rings. The molecule has 0 saturated carbocycles. The largest absolute Gasteiger partial charge is 0.493 e. The Labute approximate surface area is 121 Å². The zero-order valence-corrected chi connectivity index (χ0v) is 13.4. The summed E-state index contributed by atoms with van der Waals surface area (Å²) in [4.78, 5) is 0. The van der Waals surface area contributed by atoms with E-state index in [1.165, 1.54) is 0 Å². The Hall–Kier alpha value is -1.71. The van der Waals surface area contributed by atoms with Crippen LogP contribution in [0.15, 0.2) is 23.4 Å². The lowest BCUT2D eigenvalue weighted by molar-refractivity contribution is 0.125. The summed E-state index contributed by atoms with van der Waals surface area (Å²) in [6.07, 6.45) is 0. The summed E-state index contributed by atoms with van der Waals surface area (Å²) < 4.78 is 11.3. The molecule has 0 atom stereocenters. The first kappa shape index (κ1) is 16.3. The average Bonchev–Trinajstić information content (AvgIpc) is 2.36. The van der Waals surface area contributed by atoms with Crippen molar-refractivity contribution in [3.63, 3.8) is 0 Å². The van der Waals surface area contributed by atoms with Crippen molar-refractivity contribution in [1.82, 2.24) is 0 Å². The fourth-order valence-corrected chi connectivity index (χ4v) is 1.80. The number of hydrogen-bond donors (Lipinski definition) is 1. The molecule has 1 rings (SSSR count). The van der Waals surface area contributed by atoms with Gasteiger partial charge >= 0.3 is 0 Å². The summed E-state index contributed by atoms with van der Waals surface area (Å²) in [5, 5.41) is 12.3. The van der Waals surface area contributed by atoms with Gasteiger partial charge in [-0.2, -0.15) is 0 Å². The summed E-state index contributed by atoms with van der Waals surface area (Å²) >= 11 is 0. The van der Waals surface area contributed by atoms with Gasteiger partial charge in [0.15, 0.2) is 11.5 Å². The standard InChI is InChI=1S/C16H25NO3/c1-11(17-18)16(5,6)12-8-9-13(14(10-12)19-7)20-15(2,3)4/h8-10,18H,1-7H3/b17-11+. The molecule has 0 aliphatic heterocycles. The van der Waals surface area contributed by atoms with E-state index in [0.29, 0.717) is 17.2 Å². The third kappa shape index (κ3) is 3.65. The molecule has 112 valence electrons. The molecule has 0 aliphatic carbocycles. The molecule has 0 heterocycles. The SMILES string of the molecule is COc1cc(C(C)(C)/C(C)=N/O)ccc1OC(C)(C)C. The topological polar surface area (TPSA) is 51.0 Å². The maximum Gasteiger partial charge on any atom is 0.161 e. The van der Waals surface area contributed by atoms with Crippen molar-refractivity contribution in [3.05, 3.63) is 23.8 Å². The van der Waals surface area contributed by atoms with E-state index in [1.807, 2.05) is 52.8 Å². The summed E-state index contributed by atoms with van der Waals surface area (Å²) in [6.45, 7) is 11.8. The van der Waals surface area contributed by atoms with Crippen molar-refractivity contribution in [3.8, 4) is 11.5 Å². The zero-order chi connectivity index (χ0) is 15.6. The smallest absolute Gasteiger partial charge is 0.161 e. The average molecular weight is 279 g/mol. The van der Waals surface area contributed by atoms with E-state index < -0.39 is 0 Å². The van der Waals surface area contributed by atoms with E-state index >= 15 is 0 Å². The maximum absolute atomic E-state index is 9.00. The molecule has 4 nitrogen and oxygen atoms in total. The quantitative estimate of drug-likeness (QED) is 0.515. The highest BCUT2D eigenvalue weighted by molar-refractivity contribution is 5.91. The van der Waals surface area contributed by atoms with Crippen molar-refractivity contribution >= 4 is 5.71 Å². The molecule has 0 radical (unpaired) electrons. The third-order valence-corrected chi connectivity index (χ3v) is 3.36. The summed E-state index contributed by atoms with van der Waals surface area (Å²) in [5.41, 5.74) is 0.990. The molecule has 0 spiro atoms. The summed E-state index contributed by atoms with van der Waals surface area (Å²) in [7, 11) is 1.62. The van der Waals surface area contributed by atoms with Gasteiger partial charge in [-0.3, -0.25) is 0 Å². The van der Waals surface area contributed by atoms with Gasteiger partial charge in [0.25, 0.3) is 0 Å². The second-order valence-electron chi connectivity index (χ2n) is 6.39. The van der Waals surface area contributed by atoms with E-state index in [1.54, 1.807) is 14.0 Å². The molecule has 0 saturated heterocycles. The van der Waals surface area contributed by atoms with Crippen molar-refractivity contribution in [2.45, 2.75) is 52.6 Å². The van der Waals surface area contributed by atoms with E-state index in [-0.39, 0.29) is 11.0 Å². The zero-order valence-electron chi connectivity index (χ0n) is 13.4. The predicted molar refractivity (Wildman–Crippen MR) is 81.3 cm³/mol. The monoisotopic (exact) mass is 279 g/mol. The highest BCUT2D eigenvalue weighted by atomic mass is 16.5. The number of oxime groups is 1. The second-order valence-corrected chi connectivity index (χ2v) is 6.39. The molecule has 0 aliphatic rings. The Morgan fingerprint density at radius 1 is 1.10 bits per heavy atom. The summed E-state index contributed by atoms with van der Waals surface area (Å²) in [6, 6.07) is 5.79. The molecule has 0 amide bonds. The molecule has 0 fully saturated rings. The van der Waals surface area contributed by atoms with E-state index in [4.69, 9.17) is 14.7 Å². The van der Waals surface area contributed by atoms with E-state index in [0.717, 1.165) is 5.56 Å². The molecular weight excluding hydrogens is 254 g/mol. The fourth-order valence-electron chi connectivity index (χ4n) is 1.80. The highest BCUT2D eigenvalue weighted by Crippen LogP contribution is 2.35. The van der Waals surface area contributed by atoms with Crippen molar-refractivity contribution in [2.24, 2.45) is 5.16 Å². The van der Waals surface area contributed by atoms with Gasteiger partial charge in [0, 0.05) is 5.41 Å². The van der Waals surface area contributed by atoms with Crippen molar-refractivity contribution in [1.29, 1.82) is 0 Å². The minimum absolute atomic E-state index is 0.285. The molecule has 0 unspecified atom stereocenters. The Bertz CT molecular complexity index is 499. The van der Waals surface area contributed by atoms with Crippen LogP contribution < -0.4 is 9.47 Å². The Balaban J connectivity index is 3.23. The highest BCUT2D eigenvalue weighted by Gasteiger charge is 2.26. The van der Waals surface area contributed by atoms with Crippen LogP contribution in [0.3, 0.4) is 0 Å². The van der Waals surface area contributed by atoms with Crippen LogP contribution in [0.2, 0.25) is 0 Å². The van der Waals surface area contributed by atoms with Crippen LogP contribution in [0.25, 0.3) is 0 Å². The van der Waals surface area contributed by atoms with Gasteiger partial charge in [0.2, 0.25) is 0 Å². The molecule has 1 aromatic carbocycles. The van der Waals surface area contributed by atoms with Gasteiger partial charge in [0.1, 0.15) is 5.60 Å². The third-order valence-electron chi connectivity index (χ3n) is 3.36. The minimum atomic E-state index is -0.373. The summed E-state index contributed by atoms with van der Waals surface area (Å²) in [5.74, 6) is 1.38. The second kappa shape index (κ2) is 5.73. The molecule has 0 aromatic heterocycles. The lowest BCUT2D eigenvalue weighted by Gasteiger charge is -2.27. The molecule has 1 N–H and O–H groups in total. The first-order valence-electron chi connectivity index (χ1n) is 6.68. The van der Waals surface area contributed by atoms with Gasteiger partial charge in [-0.05, 0) is 45.4 Å². The van der Waals surface area contributed by atoms with Crippen LogP contribution in [-0.2, 0) is 5.41 Å². The lowest BCUT2D eigenvalue weighted by atomic mass is 9.80. The van der Waals surface area contributed by atoms with E-state index in [9.17, 15) is 0 Å². The fraction of sp³-hybridized carbons (Fsp3) is 0.562. The molecule has 0 bridgehead atoms. The van der Waals surface area contributed by atoms with Gasteiger partial charge in [0.05, 0.1) is 12.8 Å². The van der Waals surface area contributed by atoms with Crippen LogP contribution in [0.4, 0.5) is 0 Å². The Morgan fingerprint density at radius 3 is 2.15 bits per heavy atom. The van der Waals surface area contributed by atoms with Crippen LogP contribution in [0.1, 0.15) is 47.1 Å². The lowest BCUT2D eigenvalue weighted by Crippen LogP contribution is -2.27. The number of benzene rings is 1. The number of ether oxygens (including phenoxy) is 2.